The highest BCUT2D eigenvalue weighted by atomic mass is 16.6. The van der Waals surface area contributed by atoms with Gasteiger partial charge in [-0.1, -0.05) is 6.07 Å². The molecular weight excluding hydrogens is 252 g/mol. The van der Waals surface area contributed by atoms with Crippen LogP contribution in [0.2, 0.25) is 0 Å². The molecule has 0 spiro atoms. The lowest BCUT2D eigenvalue weighted by molar-refractivity contribution is -0.384. The molecule has 0 saturated heterocycles. The maximum absolute atomic E-state index is 11.1. The van der Waals surface area contributed by atoms with Crippen molar-refractivity contribution >= 4 is 17.3 Å². The molecule has 19 heavy (non-hydrogen) atoms. The number of para-hydroxylation sites is 1. The Kier molecular flexibility index (Phi) is 5.25. The van der Waals surface area contributed by atoms with E-state index >= 15 is 0 Å². The van der Waals surface area contributed by atoms with E-state index < -0.39 is 10.9 Å². The fraction of sp³-hybridized carbons (Fsp3) is 0.417. The van der Waals surface area contributed by atoms with Crippen molar-refractivity contribution < 1.29 is 19.6 Å². The first kappa shape index (κ1) is 14.9. The third-order valence-electron chi connectivity index (χ3n) is 2.49. The number of carbonyl (C=O) groups is 1. The van der Waals surface area contributed by atoms with Crippen LogP contribution < -0.4 is 5.32 Å². The number of hydrogen-bond acceptors (Lipinski definition) is 5. The summed E-state index contributed by atoms with van der Waals surface area (Å²) < 4.78 is 5.28. The van der Waals surface area contributed by atoms with Gasteiger partial charge in [0.1, 0.15) is 5.69 Å². The van der Waals surface area contributed by atoms with Crippen molar-refractivity contribution in [3.8, 4) is 0 Å². The van der Waals surface area contributed by atoms with Gasteiger partial charge >= 0.3 is 5.97 Å². The van der Waals surface area contributed by atoms with Crippen LogP contribution in [0.5, 0.6) is 0 Å². The van der Waals surface area contributed by atoms with E-state index in [0.717, 1.165) is 0 Å². The van der Waals surface area contributed by atoms with Gasteiger partial charge in [-0.15, -0.1) is 0 Å². The van der Waals surface area contributed by atoms with Crippen LogP contribution in [0.1, 0.15) is 24.2 Å². The molecule has 0 aliphatic heterocycles. The summed E-state index contributed by atoms with van der Waals surface area (Å²) in [6.07, 6.45) is -0.175. The number of ether oxygens (including phenoxy) is 1. The number of carboxylic acid groups (broad SMARTS) is 1. The molecule has 0 bridgehead atoms. The van der Waals surface area contributed by atoms with Gasteiger partial charge in [-0.2, -0.15) is 0 Å². The molecule has 0 heterocycles. The number of nitrogens with zero attached hydrogens (tertiary/aromatic N) is 1. The Labute approximate surface area is 110 Å². The largest absolute Gasteiger partial charge is 0.478 e. The number of benzene rings is 1. The molecule has 0 aliphatic rings. The van der Waals surface area contributed by atoms with E-state index in [0.29, 0.717) is 13.2 Å². The summed E-state index contributed by atoms with van der Waals surface area (Å²) in [4.78, 5) is 21.4. The Morgan fingerprint density at radius 2 is 2.26 bits per heavy atom. The fourth-order valence-electron chi connectivity index (χ4n) is 1.65. The molecule has 1 aromatic rings. The Morgan fingerprint density at radius 1 is 1.58 bits per heavy atom. The lowest BCUT2D eigenvalue weighted by atomic mass is 10.1. The highest BCUT2D eigenvalue weighted by Gasteiger charge is 2.21. The van der Waals surface area contributed by atoms with Crippen LogP contribution in [0.3, 0.4) is 0 Å². The first-order valence-electron chi connectivity index (χ1n) is 5.83. The Bertz CT molecular complexity index is 443. The molecule has 2 N–H and O–H groups in total. The second-order valence-electron chi connectivity index (χ2n) is 3.91. The Hall–Kier alpha value is -2.15. The quantitative estimate of drug-likeness (QED) is 0.580. The van der Waals surface area contributed by atoms with Gasteiger partial charge in [0.05, 0.1) is 16.6 Å². The van der Waals surface area contributed by atoms with Crippen molar-refractivity contribution in [2.24, 2.45) is 0 Å². The van der Waals surface area contributed by atoms with Crippen molar-refractivity contribution in [3.05, 3.63) is 33.9 Å². The SMILES string of the molecule is CCOC(C)CNc1c(C(=O)O)cccc1[N+](=O)[O-]. The van der Waals surface area contributed by atoms with Gasteiger partial charge in [0.2, 0.25) is 0 Å². The molecule has 1 unspecified atom stereocenters. The minimum absolute atomic E-state index is 0.00607. The number of carboxylic acids is 1. The average molecular weight is 268 g/mol. The fourth-order valence-corrected chi connectivity index (χ4v) is 1.65. The van der Waals surface area contributed by atoms with E-state index in [9.17, 15) is 14.9 Å². The smallest absolute Gasteiger partial charge is 0.338 e. The van der Waals surface area contributed by atoms with Gasteiger partial charge in [0.15, 0.2) is 0 Å². The lowest BCUT2D eigenvalue weighted by Crippen LogP contribution is -2.21. The summed E-state index contributed by atoms with van der Waals surface area (Å²) in [6, 6.07) is 3.93. The van der Waals surface area contributed by atoms with Crippen molar-refractivity contribution in [2.75, 3.05) is 18.5 Å². The Balaban J connectivity index is 3.01. The molecule has 0 saturated carbocycles. The van der Waals surface area contributed by atoms with Gasteiger partial charge in [-0.25, -0.2) is 4.79 Å². The number of nitrogens with one attached hydrogen (secondary N) is 1. The molecule has 104 valence electrons. The first-order valence-corrected chi connectivity index (χ1v) is 5.83. The molecule has 0 amide bonds. The van der Waals surface area contributed by atoms with Gasteiger partial charge in [-0.05, 0) is 19.9 Å². The van der Waals surface area contributed by atoms with Crippen molar-refractivity contribution in [1.29, 1.82) is 0 Å². The zero-order valence-electron chi connectivity index (χ0n) is 10.8. The van der Waals surface area contributed by atoms with E-state index in [4.69, 9.17) is 9.84 Å². The summed E-state index contributed by atoms with van der Waals surface area (Å²) >= 11 is 0. The van der Waals surface area contributed by atoms with Crippen molar-refractivity contribution in [3.63, 3.8) is 0 Å². The zero-order valence-corrected chi connectivity index (χ0v) is 10.8. The van der Waals surface area contributed by atoms with E-state index in [1.54, 1.807) is 6.92 Å². The topological polar surface area (TPSA) is 102 Å². The number of nitro groups is 1. The van der Waals surface area contributed by atoms with Crippen LogP contribution in [-0.2, 0) is 4.74 Å². The van der Waals surface area contributed by atoms with Crippen LogP contribution >= 0.6 is 0 Å². The Morgan fingerprint density at radius 3 is 2.79 bits per heavy atom. The number of anilines is 1. The molecule has 7 heteroatoms. The van der Waals surface area contributed by atoms with Crippen molar-refractivity contribution in [1.82, 2.24) is 0 Å². The normalized spacial score (nSPS) is 11.9. The van der Waals surface area contributed by atoms with Crippen molar-refractivity contribution in [2.45, 2.75) is 20.0 Å². The lowest BCUT2D eigenvalue weighted by Gasteiger charge is -2.15. The molecule has 7 nitrogen and oxygen atoms in total. The average Bonchev–Trinajstić information content (AvgIpc) is 2.35. The predicted octanol–water partition coefficient (Wildman–Crippen LogP) is 2.13. The van der Waals surface area contributed by atoms with E-state index in [-0.39, 0.29) is 23.0 Å². The van der Waals surface area contributed by atoms with Gasteiger partial charge in [0.25, 0.3) is 5.69 Å². The standard InChI is InChI=1S/C12H16N2O5/c1-3-19-8(2)7-13-11-9(12(15)16)5-4-6-10(11)14(17)18/h4-6,8,13H,3,7H2,1-2H3,(H,15,16). The van der Waals surface area contributed by atoms with E-state index in [2.05, 4.69) is 5.32 Å². The molecule has 1 atom stereocenters. The van der Waals surface area contributed by atoms with Crippen LogP contribution in [0.15, 0.2) is 18.2 Å². The molecule has 0 aliphatic carbocycles. The minimum atomic E-state index is -1.21. The number of nitro benzene ring substituents is 1. The van der Waals surface area contributed by atoms with Gasteiger partial charge < -0.3 is 15.2 Å². The minimum Gasteiger partial charge on any atom is -0.478 e. The number of aromatic carboxylic acids is 1. The summed E-state index contributed by atoms with van der Waals surface area (Å²) in [6.45, 7) is 4.44. The summed E-state index contributed by atoms with van der Waals surface area (Å²) in [7, 11) is 0. The highest BCUT2D eigenvalue weighted by molar-refractivity contribution is 5.96. The molecule has 1 rings (SSSR count). The van der Waals surface area contributed by atoms with Gasteiger partial charge in [-0.3, -0.25) is 10.1 Å². The van der Waals surface area contributed by atoms with E-state index in [1.165, 1.54) is 18.2 Å². The second kappa shape index (κ2) is 6.69. The molecule has 0 aromatic heterocycles. The number of hydrogen-bond donors (Lipinski definition) is 2. The third kappa shape index (κ3) is 3.92. The molecule has 0 fully saturated rings. The van der Waals surface area contributed by atoms with Crippen LogP contribution in [0.4, 0.5) is 11.4 Å². The summed E-state index contributed by atoms with van der Waals surface area (Å²) in [5.41, 5.74) is -0.381. The maximum atomic E-state index is 11.1. The van der Waals surface area contributed by atoms with Crippen LogP contribution in [-0.4, -0.2) is 35.3 Å². The third-order valence-corrected chi connectivity index (χ3v) is 2.49. The monoisotopic (exact) mass is 268 g/mol. The molecule has 0 radical (unpaired) electrons. The molecule has 1 aromatic carbocycles. The summed E-state index contributed by atoms with van der Waals surface area (Å²) in [5, 5.41) is 22.7. The maximum Gasteiger partial charge on any atom is 0.338 e. The van der Waals surface area contributed by atoms with Crippen LogP contribution in [0, 0.1) is 10.1 Å². The van der Waals surface area contributed by atoms with Gasteiger partial charge in [0, 0.05) is 19.2 Å². The zero-order chi connectivity index (χ0) is 14.4. The molecular formula is C12H16N2O5. The second-order valence-corrected chi connectivity index (χ2v) is 3.91. The van der Waals surface area contributed by atoms with Crippen LogP contribution in [0.25, 0.3) is 0 Å². The first-order chi connectivity index (χ1) is 8.97. The summed E-state index contributed by atoms with van der Waals surface area (Å²) in [5.74, 6) is -1.21. The van der Waals surface area contributed by atoms with E-state index in [1.807, 2.05) is 6.92 Å². The highest BCUT2D eigenvalue weighted by Crippen LogP contribution is 2.28. The predicted molar refractivity (Wildman–Crippen MR) is 69.6 cm³/mol. The number of rotatable bonds is 7.